The van der Waals surface area contributed by atoms with E-state index in [4.69, 9.17) is 23.2 Å². The van der Waals surface area contributed by atoms with Gasteiger partial charge in [0.1, 0.15) is 4.84 Å². The quantitative estimate of drug-likeness (QED) is 0.336. The molecule has 0 saturated heterocycles. The van der Waals surface area contributed by atoms with Crippen LogP contribution in [0.5, 0.6) is 0 Å². The summed E-state index contributed by atoms with van der Waals surface area (Å²) < 4.78 is 0. The summed E-state index contributed by atoms with van der Waals surface area (Å²) in [5, 5.41) is 0. The molecule has 0 aliphatic heterocycles. The third kappa shape index (κ3) is 6.17. The van der Waals surface area contributed by atoms with Crippen LogP contribution in [0.1, 0.15) is 41.5 Å². The Morgan fingerprint density at radius 1 is 1.13 bits per heavy atom. The van der Waals surface area contributed by atoms with Crippen molar-refractivity contribution in [3.8, 4) is 0 Å². The van der Waals surface area contributed by atoms with E-state index in [1.54, 1.807) is 6.92 Å². The van der Waals surface area contributed by atoms with E-state index >= 15 is 0 Å². The number of halogens is 2. The number of rotatable bonds is 0. The molecular weight excluding hydrogens is 263 g/mol. The van der Waals surface area contributed by atoms with Gasteiger partial charge in [-0.05, 0) is 6.92 Å². The first-order valence-corrected chi connectivity index (χ1v) is 5.64. The van der Waals surface area contributed by atoms with Crippen LogP contribution in [0, 0.1) is 11.5 Å². The Labute approximate surface area is 119 Å². The Hall–Kier alpha value is 0.774. The summed E-state index contributed by atoms with van der Waals surface area (Å²) in [7, 11) is 0. The van der Waals surface area contributed by atoms with Crippen LogP contribution in [0.25, 0.3) is 0 Å². The fourth-order valence-corrected chi connectivity index (χ4v) is 1.41. The van der Waals surface area contributed by atoms with E-state index in [0.29, 0.717) is 0 Å². The summed E-state index contributed by atoms with van der Waals surface area (Å²) in [6.07, 6.45) is 3.44. The summed E-state index contributed by atoms with van der Waals surface area (Å²) >= 11 is 10.1. The largest absolute Gasteiger partial charge is 0.263 e. The molecule has 0 N–H and O–H groups in total. The molecule has 0 unspecified atom stereocenters. The second-order valence-corrected chi connectivity index (χ2v) is 5.68. The van der Waals surface area contributed by atoms with Gasteiger partial charge in [-0.15, -0.1) is 30.1 Å². The third-order valence-corrected chi connectivity index (χ3v) is 2.56. The predicted octanol–water partition coefficient (Wildman–Crippen LogP) is 4.92. The molecule has 86 valence electrons. The second kappa shape index (κ2) is 7.17. The van der Waals surface area contributed by atoms with Gasteiger partial charge in [-0.2, -0.15) is 11.1 Å². The first-order valence-electron chi connectivity index (χ1n) is 4.76. The monoisotopic (exact) mass is 281 g/mol. The molecule has 1 aliphatic carbocycles. The second-order valence-electron chi connectivity index (χ2n) is 4.14. The van der Waals surface area contributed by atoms with Gasteiger partial charge in [0, 0.05) is 21.7 Å². The number of hydrogen-bond acceptors (Lipinski definition) is 0. The Bertz CT molecular complexity index is 260. The van der Waals surface area contributed by atoms with Crippen LogP contribution < -0.4 is 0 Å². The summed E-state index contributed by atoms with van der Waals surface area (Å²) in [5.74, 6) is 0. The van der Waals surface area contributed by atoms with Gasteiger partial charge in [-0.3, -0.25) is 6.08 Å². The fourth-order valence-electron chi connectivity index (χ4n) is 1.41. The molecule has 0 saturated carbocycles. The van der Waals surface area contributed by atoms with Crippen molar-refractivity contribution >= 4 is 23.2 Å². The minimum absolute atomic E-state index is 0. The zero-order valence-corrected chi connectivity index (χ0v) is 13.4. The van der Waals surface area contributed by atoms with Crippen LogP contribution in [0.2, 0.25) is 0 Å². The zero-order chi connectivity index (χ0) is 11.5. The minimum atomic E-state index is -0.222. The van der Waals surface area contributed by atoms with Crippen molar-refractivity contribution in [3.05, 3.63) is 22.8 Å². The normalized spacial score (nSPS) is 18.1. The molecule has 1 rings (SSSR count). The number of hydrogen-bond donors (Lipinski definition) is 0. The Balaban J connectivity index is 0. The Morgan fingerprint density at radius 3 is 1.53 bits per heavy atom. The number of allylic oxidation sites excluding steroid dienone is 4. The molecule has 0 fully saturated rings. The van der Waals surface area contributed by atoms with E-state index in [-0.39, 0.29) is 32.0 Å². The number of alkyl halides is 2. The smallest absolute Gasteiger partial charge is 0.105 e. The van der Waals surface area contributed by atoms with E-state index in [2.05, 4.69) is 40.7 Å². The molecule has 0 aromatic carbocycles. The van der Waals surface area contributed by atoms with Crippen molar-refractivity contribution in [3.63, 3.8) is 0 Å². The average Bonchev–Trinajstić information content (AvgIpc) is 2.13. The fraction of sp³-hybridized carbons (Fsp3) is 0.667. The van der Waals surface area contributed by atoms with Gasteiger partial charge in [0.2, 0.25) is 0 Å². The van der Waals surface area contributed by atoms with Gasteiger partial charge in [-0.1, -0.05) is 33.1 Å². The maximum atomic E-state index is 5.04. The van der Waals surface area contributed by atoms with Crippen molar-refractivity contribution in [1.82, 2.24) is 0 Å². The van der Waals surface area contributed by atoms with Crippen LogP contribution in [-0.2, 0) is 21.7 Å². The van der Waals surface area contributed by atoms with Gasteiger partial charge >= 0.3 is 0 Å². The van der Waals surface area contributed by atoms with Gasteiger partial charge < -0.3 is 0 Å². The molecular formula is C12H19Cl2Ti-. The van der Waals surface area contributed by atoms with Crippen LogP contribution in [-0.4, -0.2) is 4.84 Å². The zero-order valence-electron chi connectivity index (χ0n) is 10.3. The van der Waals surface area contributed by atoms with E-state index in [0.717, 1.165) is 0 Å². The van der Waals surface area contributed by atoms with Crippen LogP contribution in [0.4, 0.5) is 0 Å². The molecule has 1 aliphatic rings. The topological polar surface area (TPSA) is 0 Å². The maximum absolute atomic E-state index is 5.04. The first kappa shape index (κ1) is 18.1. The molecule has 0 radical (unpaired) electrons. The van der Waals surface area contributed by atoms with Gasteiger partial charge in [-0.25, -0.2) is 5.57 Å². The molecule has 0 amide bonds. The SMILES string of the molecule is CC(Cl)Cl.CC1=[C-]C(C)(C)C(C)=C1C.[Ti]. The van der Waals surface area contributed by atoms with Crippen LogP contribution >= 0.6 is 23.2 Å². The molecule has 3 heteroatoms. The van der Waals surface area contributed by atoms with Gasteiger partial charge in [0.15, 0.2) is 0 Å². The van der Waals surface area contributed by atoms with Crippen LogP contribution in [0.15, 0.2) is 16.7 Å². The molecule has 0 heterocycles. The molecule has 0 aromatic rings. The van der Waals surface area contributed by atoms with Crippen molar-refractivity contribution in [2.75, 3.05) is 0 Å². The molecule has 0 spiro atoms. The molecule has 0 bridgehead atoms. The van der Waals surface area contributed by atoms with Crippen molar-refractivity contribution < 1.29 is 21.7 Å². The van der Waals surface area contributed by atoms with Gasteiger partial charge in [0.25, 0.3) is 0 Å². The third-order valence-electron chi connectivity index (χ3n) is 2.56. The molecule has 15 heavy (non-hydrogen) atoms. The summed E-state index contributed by atoms with van der Waals surface area (Å²) in [6.45, 7) is 12.6. The van der Waals surface area contributed by atoms with E-state index in [9.17, 15) is 0 Å². The summed E-state index contributed by atoms with van der Waals surface area (Å²) in [6, 6.07) is 0. The van der Waals surface area contributed by atoms with E-state index < -0.39 is 0 Å². The maximum Gasteiger partial charge on any atom is 0.105 e. The minimum Gasteiger partial charge on any atom is -0.263 e. The molecule has 0 atom stereocenters. The summed E-state index contributed by atoms with van der Waals surface area (Å²) in [4.78, 5) is -0.222. The van der Waals surface area contributed by atoms with Crippen molar-refractivity contribution in [2.24, 2.45) is 5.41 Å². The Morgan fingerprint density at radius 2 is 1.47 bits per heavy atom. The Kier molecular flexibility index (Phi) is 8.67. The van der Waals surface area contributed by atoms with Crippen molar-refractivity contribution in [1.29, 1.82) is 0 Å². The van der Waals surface area contributed by atoms with Crippen molar-refractivity contribution in [2.45, 2.75) is 46.4 Å². The summed E-state index contributed by atoms with van der Waals surface area (Å²) in [5.41, 5.74) is 4.39. The molecule has 0 aromatic heterocycles. The van der Waals surface area contributed by atoms with Crippen LogP contribution in [0.3, 0.4) is 0 Å². The standard InChI is InChI=1S/C10H15.C2H4Cl2.Ti/c1-7-6-10(4,5)9(3)8(7)2;1-2(3)4;/h1-5H3;2H,1H3;/q-1;;. The van der Waals surface area contributed by atoms with Gasteiger partial charge in [0.05, 0.1) is 0 Å². The van der Waals surface area contributed by atoms with E-state index in [1.807, 2.05) is 0 Å². The molecule has 0 nitrogen and oxygen atoms in total. The average molecular weight is 282 g/mol. The van der Waals surface area contributed by atoms with E-state index in [1.165, 1.54) is 16.7 Å². The first-order chi connectivity index (χ1) is 6.18. The predicted molar refractivity (Wildman–Crippen MR) is 65.8 cm³/mol.